The van der Waals surface area contributed by atoms with Crippen molar-refractivity contribution >= 4 is 16.8 Å². The molecule has 1 N–H and O–H groups in total. The second-order valence-corrected chi connectivity index (χ2v) is 5.92. The Morgan fingerprint density at radius 3 is 2.77 bits per heavy atom. The smallest absolute Gasteiger partial charge is 0.270 e. The topological polar surface area (TPSA) is 49.2 Å². The van der Waals surface area contributed by atoms with Crippen LogP contribution in [0.2, 0.25) is 0 Å². The normalized spacial score (nSPS) is 11.3. The Hall–Kier alpha value is -2.49. The van der Waals surface area contributed by atoms with Gasteiger partial charge in [0.25, 0.3) is 5.91 Å². The van der Waals surface area contributed by atoms with Gasteiger partial charge in [-0.1, -0.05) is 26.0 Å². The van der Waals surface area contributed by atoms with Gasteiger partial charge in [0, 0.05) is 18.0 Å². The van der Waals surface area contributed by atoms with Crippen molar-refractivity contribution < 1.29 is 9.21 Å². The highest BCUT2D eigenvalue weighted by molar-refractivity contribution is 5.98. The molecule has 1 amide bonds. The molecule has 0 aliphatic heterocycles. The third kappa shape index (κ3) is 2.77. The van der Waals surface area contributed by atoms with Crippen LogP contribution in [0.1, 0.15) is 41.6 Å². The van der Waals surface area contributed by atoms with E-state index in [2.05, 4.69) is 37.0 Å². The van der Waals surface area contributed by atoms with Crippen molar-refractivity contribution in [1.82, 2.24) is 9.88 Å². The standard InChI is InChI=1S/C18H20N2O2/c1-12(2)13-6-7-14-10-17(19-16(14)9-13)18(21)20(3)11-15-5-4-8-22-15/h4-10,12,19H,11H2,1-3H3. The largest absolute Gasteiger partial charge is 0.467 e. The molecule has 0 unspecified atom stereocenters. The molecule has 0 radical (unpaired) electrons. The van der Waals surface area contributed by atoms with Crippen molar-refractivity contribution in [1.29, 1.82) is 0 Å². The molecule has 3 rings (SSSR count). The number of fused-ring (bicyclic) bond motifs is 1. The molecule has 1 aromatic carbocycles. The zero-order chi connectivity index (χ0) is 15.7. The van der Waals surface area contributed by atoms with Crippen LogP contribution in [0.4, 0.5) is 0 Å². The summed E-state index contributed by atoms with van der Waals surface area (Å²) in [6, 6.07) is 11.9. The molecular weight excluding hydrogens is 276 g/mol. The fraction of sp³-hybridized carbons (Fsp3) is 0.278. The molecule has 0 saturated carbocycles. The van der Waals surface area contributed by atoms with Gasteiger partial charge in [0.1, 0.15) is 11.5 Å². The van der Waals surface area contributed by atoms with E-state index in [1.165, 1.54) is 5.56 Å². The fourth-order valence-electron chi connectivity index (χ4n) is 2.53. The first kappa shape index (κ1) is 14.4. The third-order valence-corrected chi connectivity index (χ3v) is 3.86. The maximum atomic E-state index is 12.5. The fourth-order valence-corrected chi connectivity index (χ4v) is 2.53. The van der Waals surface area contributed by atoms with Crippen LogP contribution in [0.5, 0.6) is 0 Å². The quantitative estimate of drug-likeness (QED) is 0.786. The van der Waals surface area contributed by atoms with Crippen LogP contribution < -0.4 is 0 Å². The van der Waals surface area contributed by atoms with Gasteiger partial charge >= 0.3 is 0 Å². The van der Waals surface area contributed by atoms with Crippen LogP contribution in [0.3, 0.4) is 0 Å². The molecule has 0 fully saturated rings. The highest BCUT2D eigenvalue weighted by Crippen LogP contribution is 2.22. The van der Waals surface area contributed by atoms with Crippen molar-refractivity contribution in [2.24, 2.45) is 0 Å². The number of amides is 1. The predicted molar refractivity (Wildman–Crippen MR) is 86.9 cm³/mol. The number of carbonyl (C=O) groups is 1. The first-order valence-electron chi connectivity index (χ1n) is 7.45. The number of carbonyl (C=O) groups excluding carboxylic acids is 1. The number of H-pyrrole nitrogens is 1. The number of aromatic amines is 1. The Bertz CT molecular complexity index is 785. The number of benzene rings is 1. The van der Waals surface area contributed by atoms with E-state index in [0.29, 0.717) is 18.2 Å². The summed E-state index contributed by atoms with van der Waals surface area (Å²) in [5.74, 6) is 1.20. The Balaban J connectivity index is 1.84. The van der Waals surface area contributed by atoms with E-state index in [0.717, 1.165) is 16.7 Å². The summed E-state index contributed by atoms with van der Waals surface area (Å²) in [4.78, 5) is 17.4. The minimum Gasteiger partial charge on any atom is -0.467 e. The maximum Gasteiger partial charge on any atom is 0.270 e. The Kier molecular flexibility index (Phi) is 3.75. The minimum atomic E-state index is -0.0429. The van der Waals surface area contributed by atoms with Crippen LogP contribution in [-0.4, -0.2) is 22.8 Å². The molecular formula is C18H20N2O2. The zero-order valence-electron chi connectivity index (χ0n) is 13.1. The molecule has 3 aromatic rings. The predicted octanol–water partition coefficient (Wildman–Crippen LogP) is 4.16. The average molecular weight is 296 g/mol. The van der Waals surface area contributed by atoms with Gasteiger partial charge in [-0.2, -0.15) is 0 Å². The molecule has 0 atom stereocenters. The molecule has 22 heavy (non-hydrogen) atoms. The maximum absolute atomic E-state index is 12.5. The van der Waals surface area contributed by atoms with Crippen molar-refractivity contribution in [2.45, 2.75) is 26.3 Å². The van der Waals surface area contributed by atoms with Crippen molar-refractivity contribution in [3.63, 3.8) is 0 Å². The van der Waals surface area contributed by atoms with E-state index >= 15 is 0 Å². The second kappa shape index (κ2) is 5.72. The summed E-state index contributed by atoms with van der Waals surface area (Å²) >= 11 is 0. The number of furan rings is 1. The number of hydrogen-bond acceptors (Lipinski definition) is 2. The molecule has 0 saturated heterocycles. The first-order valence-corrected chi connectivity index (χ1v) is 7.45. The van der Waals surface area contributed by atoms with Gasteiger partial charge in [-0.05, 0) is 35.7 Å². The van der Waals surface area contributed by atoms with E-state index in [9.17, 15) is 4.79 Å². The van der Waals surface area contributed by atoms with Crippen LogP contribution in [0.15, 0.2) is 47.1 Å². The molecule has 0 bridgehead atoms. The van der Waals surface area contributed by atoms with Gasteiger partial charge in [0.2, 0.25) is 0 Å². The van der Waals surface area contributed by atoms with E-state index in [4.69, 9.17) is 4.42 Å². The SMILES string of the molecule is CC(C)c1ccc2cc(C(=O)N(C)Cc3ccco3)[nH]c2c1. The number of aromatic nitrogens is 1. The summed E-state index contributed by atoms with van der Waals surface area (Å²) in [6.45, 7) is 4.78. The lowest BCUT2D eigenvalue weighted by atomic mass is 10.0. The highest BCUT2D eigenvalue weighted by Gasteiger charge is 2.16. The van der Waals surface area contributed by atoms with Gasteiger partial charge in [0.15, 0.2) is 0 Å². The van der Waals surface area contributed by atoms with Crippen molar-refractivity contribution in [3.8, 4) is 0 Å². The first-order chi connectivity index (χ1) is 10.5. The summed E-state index contributed by atoms with van der Waals surface area (Å²) in [7, 11) is 1.77. The van der Waals surface area contributed by atoms with Crippen LogP contribution in [0.25, 0.3) is 10.9 Å². The molecule has 2 heterocycles. The van der Waals surface area contributed by atoms with Gasteiger partial charge in [-0.3, -0.25) is 4.79 Å². The molecule has 2 aromatic heterocycles. The summed E-state index contributed by atoms with van der Waals surface area (Å²) in [5.41, 5.74) is 2.86. The zero-order valence-corrected chi connectivity index (χ0v) is 13.1. The molecule has 0 aliphatic carbocycles. The second-order valence-electron chi connectivity index (χ2n) is 5.92. The van der Waals surface area contributed by atoms with E-state index in [-0.39, 0.29) is 5.91 Å². The minimum absolute atomic E-state index is 0.0429. The van der Waals surface area contributed by atoms with Gasteiger partial charge < -0.3 is 14.3 Å². The van der Waals surface area contributed by atoms with E-state index in [1.54, 1.807) is 18.2 Å². The number of nitrogens with one attached hydrogen (secondary N) is 1. The lowest BCUT2D eigenvalue weighted by Gasteiger charge is -2.14. The highest BCUT2D eigenvalue weighted by atomic mass is 16.3. The van der Waals surface area contributed by atoms with Crippen LogP contribution in [0, 0.1) is 0 Å². The van der Waals surface area contributed by atoms with Crippen molar-refractivity contribution in [2.75, 3.05) is 7.05 Å². The molecule has 4 heteroatoms. The van der Waals surface area contributed by atoms with Gasteiger partial charge in [0.05, 0.1) is 12.8 Å². The average Bonchev–Trinajstić information content (AvgIpc) is 3.13. The van der Waals surface area contributed by atoms with Crippen molar-refractivity contribution in [3.05, 3.63) is 59.7 Å². The third-order valence-electron chi connectivity index (χ3n) is 3.86. The van der Waals surface area contributed by atoms with Crippen LogP contribution in [-0.2, 0) is 6.54 Å². The van der Waals surface area contributed by atoms with Gasteiger partial charge in [-0.15, -0.1) is 0 Å². The lowest BCUT2D eigenvalue weighted by molar-refractivity contribution is 0.0770. The number of nitrogens with zero attached hydrogens (tertiary/aromatic N) is 1. The Morgan fingerprint density at radius 1 is 1.27 bits per heavy atom. The van der Waals surface area contributed by atoms with Gasteiger partial charge in [-0.25, -0.2) is 0 Å². The molecule has 114 valence electrons. The monoisotopic (exact) mass is 296 g/mol. The summed E-state index contributed by atoms with van der Waals surface area (Å²) in [5, 5.41) is 1.05. The summed E-state index contributed by atoms with van der Waals surface area (Å²) < 4.78 is 5.29. The number of rotatable bonds is 4. The summed E-state index contributed by atoms with van der Waals surface area (Å²) in [6.07, 6.45) is 1.62. The van der Waals surface area contributed by atoms with E-state index < -0.39 is 0 Å². The van der Waals surface area contributed by atoms with E-state index in [1.807, 2.05) is 18.2 Å². The Labute approximate surface area is 129 Å². The Morgan fingerprint density at radius 2 is 2.09 bits per heavy atom. The van der Waals surface area contributed by atoms with Crippen LogP contribution >= 0.6 is 0 Å². The lowest BCUT2D eigenvalue weighted by Crippen LogP contribution is -2.26. The number of hydrogen-bond donors (Lipinski definition) is 1. The molecule has 4 nitrogen and oxygen atoms in total. The molecule has 0 aliphatic rings. The molecule has 0 spiro atoms.